The summed E-state index contributed by atoms with van der Waals surface area (Å²) in [7, 11) is -1.74. The largest absolute Gasteiger partial charge is 0.493 e. The Bertz CT molecular complexity index is 924. The molecule has 7 nitrogen and oxygen atoms in total. The summed E-state index contributed by atoms with van der Waals surface area (Å²) >= 11 is 0. The lowest BCUT2D eigenvalue weighted by molar-refractivity contribution is -0.117. The van der Waals surface area contributed by atoms with Crippen LogP contribution in [-0.2, 0) is 14.6 Å². The number of methoxy groups -OCH3 is 1. The lowest BCUT2D eigenvalue weighted by atomic mass is 10.2. The van der Waals surface area contributed by atoms with Crippen molar-refractivity contribution in [2.75, 3.05) is 24.4 Å². The minimum absolute atomic E-state index is 0. The second kappa shape index (κ2) is 10.3. The number of amides is 1. The molecule has 0 bridgehead atoms. The molecule has 0 spiro atoms. The van der Waals surface area contributed by atoms with Gasteiger partial charge in [-0.05, 0) is 30.7 Å². The number of para-hydroxylation sites is 2. The predicted octanol–water partition coefficient (Wildman–Crippen LogP) is 2.75. The molecule has 1 amide bonds. The maximum absolute atomic E-state index is 14.3. The van der Waals surface area contributed by atoms with Crippen molar-refractivity contribution in [1.29, 1.82) is 0 Å². The average Bonchev–Trinajstić information content (AvgIpc) is 2.61. The Hall–Kier alpha value is -2.36. The smallest absolute Gasteiger partial charge is 0.241 e. The van der Waals surface area contributed by atoms with Gasteiger partial charge in [0.25, 0.3) is 0 Å². The molecular weight excluding hydrogens is 411 g/mol. The third-order valence-electron chi connectivity index (χ3n) is 3.62. The Morgan fingerprint density at radius 3 is 2.39 bits per heavy atom. The minimum atomic E-state index is -3.22. The molecule has 3 N–H and O–H groups in total. The van der Waals surface area contributed by atoms with Crippen molar-refractivity contribution in [2.24, 2.45) is 5.73 Å². The second-order valence-corrected chi connectivity index (χ2v) is 8.17. The van der Waals surface area contributed by atoms with Crippen LogP contribution in [-0.4, -0.2) is 39.5 Å². The highest BCUT2D eigenvalue weighted by molar-refractivity contribution is 7.90. The van der Waals surface area contributed by atoms with Crippen LogP contribution >= 0.6 is 12.4 Å². The lowest BCUT2D eigenvalue weighted by Gasteiger charge is -2.13. The topological polar surface area (TPSA) is 108 Å². The number of halogens is 2. The molecule has 0 radical (unpaired) electrons. The maximum Gasteiger partial charge on any atom is 0.241 e. The summed E-state index contributed by atoms with van der Waals surface area (Å²) in [6.45, 7) is 0. The van der Waals surface area contributed by atoms with E-state index in [1.165, 1.54) is 19.2 Å². The number of hydrogen-bond acceptors (Lipinski definition) is 6. The summed E-state index contributed by atoms with van der Waals surface area (Å²) in [5, 5.41) is 2.45. The zero-order valence-electron chi connectivity index (χ0n) is 15.3. The third-order valence-corrected chi connectivity index (χ3v) is 4.60. The van der Waals surface area contributed by atoms with E-state index in [-0.39, 0.29) is 36.0 Å². The van der Waals surface area contributed by atoms with Crippen LogP contribution in [0.2, 0.25) is 0 Å². The maximum atomic E-state index is 14.3. The van der Waals surface area contributed by atoms with Crippen molar-refractivity contribution in [3.8, 4) is 17.2 Å². The predicted molar refractivity (Wildman–Crippen MR) is 108 cm³/mol. The number of nitrogens with two attached hydrogens (primary N) is 1. The standard InChI is InChI=1S/C18H21FN2O5S.ClH/c1-25-16-5-3-4-6-17(16)26-15-8-7-12(11-13(15)19)21-18(22)14(20)9-10-27(2,23)24;/h3-8,11,14H,9-10,20H2,1-2H3,(H,21,22);1H. The van der Waals surface area contributed by atoms with Crippen LogP contribution in [0.3, 0.4) is 0 Å². The normalized spacial score (nSPS) is 11.9. The zero-order valence-corrected chi connectivity index (χ0v) is 17.0. The van der Waals surface area contributed by atoms with Gasteiger partial charge >= 0.3 is 0 Å². The van der Waals surface area contributed by atoms with E-state index in [1.807, 2.05) is 0 Å². The third kappa shape index (κ3) is 6.99. The summed E-state index contributed by atoms with van der Waals surface area (Å²) in [6, 6.07) is 9.68. The van der Waals surface area contributed by atoms with Gasteiger partial charge in [-0.3, -0.25) is 4.79 Å². The molecule has 0 aromatic heterocycles. The molecule has 1 unspecified atom stereocenters. The SMILES string of the molecule is COc1ccccc1Oc1ccc(NC(=O)C(N)CCS(C)(=O)=O)cc1F.Cl. The molecular formula is C18H22ClFN2O5S. The van der Waals surface area contributed by atoms with Gasteiger partial charge in [0.05, 0.1) is 18.9 Å². The highest BCUT2D eigenvalue weighted by Gasteiger charge is 2.17. The lowest BCUT2D eigenvalue weighted by Crippen LogP contribution is -2.37. The molecule has 0 aliphatic carbocycles. The number of benzene rings is 2. The van der Waals surface area contributed by atoms with Crippen LogP contribution in [0.25, 0.3) is 0 Å². The summed E-state index contributed by atoms with van der Waals surface area (Å²) in [6.07, 6.45) is 1.04. The van der Waals surface area contributed by atoms with Gasteiger partial charge in [-0.2, -0.15) is 0 Å². The van der Waals surface area contributed by atoms with E-state index in [0.717, 1.165) is 12.3 Å². The second-order valence-electron chi connectivity index (χ2n) is 5.91. The number of hydrogen-bond donors (Lipinski definition) is 2. The first-order valence-corrected chi connectivity index (χ1v) is 10.1. The molecule has 154 valence electrons. The van der Waals surface area contributed by atoms with E-state index in [1.54, 1.807) is 24.3 Å². The molecule has 0 saturated carbocycles. The Morgan fingerprint density at radius 2 is 1.82 bits per heavy atom. The fraction of sp³-hybridized carbons (Fsp3) is 0.278. The number of anilines is 1. The Kier molecular flexibility index (Phi) is 8.67. The van der Waals surface area contributed by atoms with E-state index < -0.39 is 27.6 Å². The molecule has 2 aromatic rings. The van der Waals surface area contributed by atoms with E-state index in [4.69, 9.17) is 15.2 Å². The van der Waals surface area contributed by atoms with E-state index >= 15 is 0 Å². The number of carbonyl (C=O) groups is 1. The van der Waals surface area contributed by atoms with E-state index in [9.17, 15) is 17.6 Å². The minimum Gasteiger partial charge on any atom is -0.493 e. The average molecular weight is 433 g/mol. The van der Waals surface area contributed by atoms with Crippen LogP contribution in [0.5, 0.6) is 17.2 Å². The Balaban J connectivity index is 0.00000392. The van der Waals surface area contributed by atoms with Gasteiger partial charge in [0.1, 0.15) is 9.84 Å². The van der Waals surface area contributed by atoms with E-state index in [2.05, 4.69) is 5.32 Å². The van der Waals surface area contributed by atoms with Crippen LogP contribution in [0.4, 0.5) is 10.1 Å². The summed E-state index contributed by atoms with van der Waals surface area (Å²) in [5.41, 5.74) is 5.85. The number of rotatable bonds is 8. The van der Waals surface area contributed by atoms with Gasteiger partial charge in [0.2, 0.25) is 5.91 Å². The molecule has 28 heavy (non-hydrogen) atoms. The number of nitrogens with one attached hydrogen (secondary N) is 1. The summed E-state index contributed by atoms with van der Waals surface area (Å²) in [4.78, 5) is 12.0. The van der Waals surface area contributed by atoms with Gasteiger partial charge in [0.15, 0.2) is 23.1 Å². The van der Waals surface area contributed by atoms with Crippen molar-refractivity contribution in [3.05, 3.63) is 48.3 Å². The van der Waals surface area contributed by atoms with Crippen LogP contribution in [0, 0.1) is 5.82 Å². The Labute approximate surface area is 169 Å². The molecule has 2 aromatic carbocycles. The van der Waals surface area contributed by atoms with Crippen molar-refractivity contribution in [1.82, 2.24) is 0 Å². The monoisotopic (exact) mass is 432 g/mol. The van der Waals surface area contributed by atoms with Crippen molar-refractivity contribution in [3.63, 3.8) is 0 Å². The molecule has 0 aliphatic heterocycles. The first-order valence-electron chi connectivity index (χ1n) is 8.04. The number of ether oxygens (including phenoxy) is 2. The van der Waals surface area contributed by atoms with E-state index in [0.29, 0.717) is 11.5 Å². The van der Waals surface area contributed by atoms with Crippen LogP contribution in [0.1, 0.15) is 6.42 Å². The van der Waals surface area contributed by atoms with Gasteiger partial charge in [-0.15, -0.1) is 12.4 Å². The first-order chi connectivity index (χ1) is 12.7. The van der Waals surface area contributed by atoms with Gasteiger partial charge < -0.3 is 20.5 Å². The molecule has 2 rings (SSSR count). The Morgan fingerprint density at radius 1 is 1.18 bits per heavy atom. The van der Waals surface area contributed by atoms with Gasteiger partial charge in [-0.1, -0.05) is 12.1 Å². The van der Waals surface area contributed by atoms with Crippen molar-refractivity contribution < 1.29 is 27.1 Å². The zero-order chi connectivity index (χ0) is 20.0. The highest BCUT2D eigenvalue weighted by Crippen LogP contribution is 2.33. The summed E-state index contributed by atoms with van der Waals surface area (Å²) in [5.74, 6) is -0.745. The highest BCUT2D eigenvalue weighted by atomic mass is 35.5. The fourth-order valence-corrected chi connectivity index (χ4v) is 2.87. The molecule has 1 atom stereocenters. The van der Waals surface area contributed by atoms with Crippen LogP contribution < -0.4 is 20.5 Å². The van der Waals surface area contributed by atoms with Gasteiger partial charge in [-0.25, -0.2) is 12.8 Å². The molecule has 0 heterocycles. The quantitative estimate of drug-likeness (QED) is 0.664. The molecule has 0 aliphatic rings. The fourth-order valence-electron chi connectivity index (χ4n) is 2.19. The molecule has 0 saturated heterocycles. The van der Waals surface area contributed by atoms with Gasteiger partial charge in [0, 0.05) is 18.0 Å². The van der Waals surface area contributed by atoms with Crippen molar-refractivity contribution >= 4 is 33.8 Å². The van der Waals surface area contributed by atoms with Crippen molar-refractivity contribution in [2.45, 2.75) is 12.5 Å². The molecule has 10 heteroatoms. The number of carbonyl (C=O) groups excluding carboxylic acids is 1. The summed E-state index contributed by atoms with van der Waals surface area (Å²) < 4.78 is 47.2. The number of sulfone groups is 1. The van der Waals surface area contributed by atoms with Crippen LogP contribution in [0.15, 0.2) is 42.5 Å². The molecule has 0 fully saturated rings. The first kappa shape index (κ1) is 23.7.